The number of urea groups is 1. The van der Waals surface area contributed by atoms with E-state index in [2.05, 4.69) is 17.1 Å². The van der Waals surface area contributed by atoms with Crippen LogP contribution in [0.15, 0.2) is 40.3 Å². The molecule has 4 aliphatic rings. The average Bonchev–Trinajstić information content (AvgIpc) is 3.35. The Hall–Kier alpha value is -3.33. The van der Waals surface area contributed by atoms with Gasteiger partial charge in [-0.3, -0.25) is 19.4 Å². The van der Waals surface area contributed by atoms with Crippen molar-refractivity contribution in [3.05, 3.63) is 41.5 Å². The SMILES string of the molecule is CCN(C)CCNC(=O)/C=C/c1ccc(C2=NC3(C)C(=N2)C(=O)N(C2CCCCC2)C(=O)N3C2CCCCC2)cc1. The van der Waals surface area contributed by atoms with Crippen LogP contribution in [0.1, 0.15) is 89.2 Å². The smallest absolute Gasteiger partial charge is 0.329 e. The van der Waals surface area contributed by atoms with E-state index in [-0.39, 0.29) is 29.9 Å². The highest BCUT2D eigenvalue weighted by Crippen LogP contribution is 2.40. The average molecular weight is 561 g/mol. The lowest BCUT2D eigenvalue weighted by atomic mass is 9.88. The number of amidine groups is 1. The van der Waals surface area contributed by atoms with Gasteiger partial charge in [0.2, 0.25) is 5.91 Å². The summed E-state index contributed by atoms with van der Waals surface area (Å²) < 4.78 is 0. The monoisotopic (exact) mass is 560 g/mol. The highest BCUT2D eigenvalue weighted by molar-refractivity contribution is 6.49. The van der Waals surface area contributed by atoms with Crippen molar-refractivity contribution in [2.45, 2.75) is 95.8 Å². The summed E-state index contributed by atoms with van der Waals surface area (Å²) in [6.45, 7) is 6.31. The Morgan fingerprint density at radius 2 is 1.66 bits per heavy atom. The number of rotatable bonds is 9. The molecule has 1 aromatic rings. The fourth-order valence-electron chi connectivity index (χ4n) is 6.56. The van der Waals surface area contributed by atoms with Gasteiger partial charge in [-0.15, -0.1) is 0 Å². The first kappa shape index (κ1) is 29.2. The van der Waals surface area contributed by atoms with E-state index in [0.29, 0.717) is 18.1 Å². The number of carbonyl (C=O) groups is 3. The zero-order valence-corrected chi connectivity index (χ0v) is 24.8. The normalized spacial score (nSPS) is 24.2. The van der Waals surface area contributed by atoms with Crippen LogP contribution in [0.5, 0.6) is 0 Å². The summed E-state index contributed by atoms with van der Waals surface area (Å²) in [4.78, 5) is 55.5. The second-order valence-electron chi connectivity index (χ2n) is 12.0. The van der Waals surface area contributed by atoms with E-state index in [9.17, 15) is 14.4 Å². The van der Waals surface area contributed by atoms with Crippen LogP contribution in [0.3, 0.4) is 0 Å². The van der Waals surface area contributed by atoms with E-state index in [4.69, 9.17) is 9.98 Å². The Kier molecular flexibility index (Phi) is 9.02. The number of likely N-dealkylation sites (N-methyl/N-ethyl adjacent to an activating group) is 1. The van der Waals surface area contributed by atoms with Crippen LogP contribution in [0.2, 0.25) is 0 Å². The first-order valence-corrected chi connectivity index (χ1v) is 15.4. The van der Waals surface area contributed by atoms with Crippen LogP contribution in [0, 0.1) is 0 Å². The second kappa shape index (κ2) is 12.7. The molecule has 1 unspecified atom stereocenters. The van der Waals surface area contributed by atoms with Crippen molar-refractivity contribution < 1.29 is 14.4 Å². The number of benzene rings is 1. The molecule has 1 aromatic carbocycles. The van der Waals surface area contributed by atoms with E-state index in [1.54, 1.807) is 6.08 Å². The van der Waals surface area contributed by atoms with Crippen molar-refractivity contribution in [3.63, 3.8) is 0 Å². The van der Waals surface area contributed by atoms with Gasteiger partial charge in [0.25, 0.3) is 5.91 Å². The lowest BCUT2D eigenvalue weighted by Crippen LogP contribution is -2.71. The Morgan fingerprint density at radius 1 is 1.02 bits per heavy atom. The van der Waals surface area contributed by atoms with Crippen molar-refractivity contribution >= 4 is 35.5 Å². The number of amides is 4. The lowest BCUT2D eigenvalue weighted by Gasteiger charge is -2.50. The minimum atomic E-state index is -1.10. The Morgan fingerprint density at radius 3 is 2.29 bits per heavy atom. The fourth-order valence-corrected chi connectivity index (χ4v) is 6.56. The third-order valence-corrected chi connectivity index (χ3v) is 9.10. The number of hydrogen-bond donors (Lipinski definition) is 1. The lowest BCUT2D eigenvalue weighted by molar-refractivity contribution is -0.127. The first-order chi connectivity index (χ1) is 19.8. The maximum atomic E-state index is 14.1. The number of hydrogen-bond acceptors (Lipinski definition) is 6. The molecule has 2 heterocycles. The van der Waals surface area contributed by atoms with Gasteiger partial charge in [-0.2, -0.15) is 0 Å². The molecule has 0 radical (unpaired) electrons. The molecular formula is C32H44N6O3. The number of carbonyl (C=O) groups excluding carboxylic acids is 3. The van der Waals surface area contributed by atoms with Gasteiger partial charge in [0, 0.05) is 36.8 Å². The zero-order valence-electron chi connectivity index (χ0n) is 24.8. The Balaban J connectivity index is 1.36. The van der Waals surface area contributed by atoms with Gasteiger partial charge in [-0.25, -0.2) is 14.8 Å². The highest BCUT2D eigenvalue weighted by Gasteiger charge is 2.57. The highest BCUT2D eigenvalue weighted by atomic mass is 16.2. The largest absolute Gasteiger partial charge is 0.351 e. The van der Waals surface area contributed by atoms with E-state index < -0.39 is 5.66 Å². The van der Waals surface area contributed by atoms with Crippen LogP contribution in [0.4, 0.5) is 4.79 Å². The molecule has 0 spiro atoms. The topological polar surface area (TPSA) is 97.7 Å². The maximum Gasteiger partial charge on any atom is 0.329 e. The molecule has 5 rings (SSSR count). The van der Waals surface area contributed by atoms with Crippen molar-refractivity contribution in [2.24, 2.45) is 9.98 Å². The van der Waals surface area contributed by atoms with E-state index in [1.807, 2.05) is 43.1 Å². The van der Waals surface area contributed by atoms with Gasteiger partial charge in [-0.1, -0.05) is 69.7 Å². The van der Waals surface area contributed by atoms with E-state index in [0.717, 1.165) is 82.0 Å². The molecular weight excluding hydrogens is 516 g/mol. The number of imide groups is 1. The summed E-state index contributed by atoms with van der Waals surface area (Å²) in [7, 11) is 2.02. The van der Waals surface area contributed by atoms with E-state index in [1.165, 1.54) is 17.4 Å². The maximum absolute atomic E-state index is 14.1. The molecule has 0 aromatic heterocycles. The fraction of sp³-hybridized carbons (Fsp3) is 0.594. The van der Waals surface area contributed by atoms with Crippen molar-refractivity contribution in [2.75, 3.05) is 26.7 Å². The van der Waals surface area contributed by atoms with Gasteiger partial charge in [0.05, 0.1) is 0 Å². The Bertz CT molecular complexity index is 1230. The van der Waals surface area contributed by atoms with E-state index >= 15 is 0 Å². The molecule has 2 saturated carbocycles. The molecule has 3 fully saturated rings. The van der Waals surface area contributed by atoms with Crippen LogP contribution < -0.4 is 5.32 Å². The second-order valence-corrected chi connectivity index (χ2v) is 12.0. The zero-order chi connectivity index (χ0) is 29.0. The molecule has 1 saturated heterocycles. The molecule has 4 amide bonds. The number of nitrogens with zero attached hydrogens (tertiary/aromatic N) is 5. The first-order valence-electron chi connectivity index (χ1n) is 15.4. The van der Waals surface area contributed by atoms with Gasteiger partial charge in [-0.05, 0) is 57.8 Å². The molecule has 9 nitrogen and oxygen atoms in total. The summed E-state index contributed by atoms with van der Waals surface area (Å²) in [5.41, 5.74) is 0.921. The van der Waals surface area contributed by atoms with Crippen molar-refractivity contribution in [1.82, 2.24) is 20.0 Å². The predicted octanol–water partition coefficient (Wildman–Crippen LogP) is 4.61. The third kappa shape index (κ3) is 6.15. The number of nitrogens with one attached hydrogen (secondary N) is 1. The van der Waals surface area contributed by atoms with Crippen molar-refractivity contribution in [1.29, 1.82) is 0 Å². The quantitative estimate of drug-likeness (QED) is 0.446. The minimum absolute atomic E-state index is 0.0507. The van der Waals surface area contributed by atoms with Crippen LogP contribution >= 0.6 is 0 Å². The van der Waals surface area contributed by atoms with Gasteiger partial charge >= 0.3 is 6.03 Å². The summed E-state index contributed by atoms with van der Waals surface area (Å²) in [5.74, 6) is 0.0600. The number of fused-ring (bicyclic) bond motifs is 1. The Labute approximate surface area is 243 Å². The van der Waals surface area contributed by atoms with Gasteiger partial charge in [0.1, 0.15) is 0 Å². The molecule has 2 aliphatic carbocycles. The van der Waals surface area contributed by atoms with Crippen LogP contribution in [-0.4, -0.2) is 88.5 Å². The third-order valence-electron chi connectivity index (χ3n) is 9.10. The molecule has 41 heavy (non-hydrogen) atoms. The van der Waals surface area contributed by atoms with Gasteiger partial charge in [0.15, 0.2) is 17.2 Å². The van der Waals surface area contributed by atoms with Crippen LogP contribution in [0.25, 0.3) is 6.08 Å². The summed E-state index contributed by atoms with van der Waals surface area (Å²) >= 11 is 0. The molecule has 1 atom stereocenters. The molecule has 9 heteroatoms. The molecule has 2 aliphatic heterocycles. The van der Waals surface area contributed by atoms with Gasteiger partial charge < -0.3 is 10.2 Å². The number of aliphatic imine (C=N–C) groups is 2. The summed E-state index contributed by atoms with van der Waals surface area (Å²) in [6, 6.07) is 7.44. The molecule has 0 bridgehead atoms. The van der Waals surface area contributed by atoms with Crippen LogP contribution in [-0.2, 0) is 9.59 Å². The molecule has 220 valence electrons. The minimum Gasteiger partial charge on any atom is -0.351 e. The predicted molar refractivity (Wildman–Crippen MR) is 162 cm³/mol. The standard InChI is InChI=1S/C32H44N6O3/c1-4-36(3)22-21-33-27(39)20-17-23-15-18-24(19-16-23)29-34-28-30(40)37(25-11-7-5-8-12-25)31(41)38(32(28,2)35-29)26-13-9-6-10-14-26/h15-20,25-26H,4-14,21-22H2,1-3H3,(H,33,39)/b20-17+. The van der Waals surface area contributed by atoms with Crippen molar-refractivity contribution in [3.8, 4) is 0 Å². The summed E-state index contributed by atoms with van der Waals surface area (Å²) in [6.07, 6.45) is 13.4. The summed E-state index contributed by atoms with van der Waals surface area (Å²) in [5, 5.41) is 2.90. The molecule has 1 N–H and O–H groups in total.